The summed E-state index contributed by atoms with van der Waals surface area (Å²) in [5.74, 6) is 0. The lowest BCUT2D eigenvalue weighted by Gasteiger charge is -2.25. The second-order valence-electron chi connectivity index (χ2n) is 7.33. The number of para-hydroxylation sites is 1. The van der Waals surface area contributed by atoms with Gasteiger partial charge in [0.15, 0.2) is 0 Å². The molecule has 0 bridgehead atoms. The monoisotopic (exact) mass is 391 g/mol. The molecule has 0 radical (unpaired) electrons. The van der Waals surface area contributed by atoms with E-state index < -0.39 is 0 Å². The van der Waals surface area contributed by atoms with Gasteiger partial charge in [-0.25, -0.2) is 0 Å². The Morgan fingerprint density at radius 2 is 1.07 bits per heavy atom. The Morgan fingerprint density at radius 1 is 0.600 bits per heavy atom. The summed E-state index contributed by atoms with van der Waals surface area (Å²) in [4.78, 5) is 2.22. The van der Waals surface area contributed by atoms with Gasteiger partial charge in [0.25, 0.3) is 0 Å². The Kier molecular flexibility index (Phi) is 6.07. The molecule has 0 atom stereocenters. The molecule has 1 N–H and O–H groups in total. The Balaban J connectivity index is 1.63. The fourth-order valence-corrected chi connectivity index (χ4v) is 3.38. The Morgan fingerprint density at radius 3 is 1.60 bits per heavy atom. The first-order valence-corrected chi connectivity index (χ1v) is 10.1. The summed E-state index contributed by atoms with van der Waals surface area (Å²) in [6, 6.07) is 35.4. The molecule has 0 aliphatic heterocycles. The van der Waals surface area contributed by atoms with Gasteiger partial charge < -0.3 is 10.0 Å². The number of aryl methyl sites for hydroxylation is 1. The summed E-state index contributed by atoms with van der Waals surface area (Å²) in [6.07, 6.45) is 4.27. The van der Waals surface area contributed by atoms with E-state index in [0.29, 0.717) is 0 Å². The summed E-state index contributed by atoms with van der Waals surface area (Å²) in [6.45, 7) is 2.15. The van der Waals surface area contributed by atoms with Crippen LogP contribution in [0.2, 0.25) is 0 Å². The third kappa shape index (κ3) is 4.68. The molecule has 0 saturated carbocycles. The zero-order valence-electron chi connectivity index (χ0n) is 17.1. The van der Waals surface area contributed by atoms with Crippen molar-refractivity contribution in [3.63, 3.8) is 0 Å². The molecule has 0 spiro atoms. The molecule has 4 aromatic carbocycles. The van der Waals surface area contributed by atoms with Crippen molar-refractivity contribution >= 4 is 29.2 Å². The van der Waals surface area contributed by atoms with Gasteiger partial charge in [-0.15, -0.1) is 0 Å². The van der Waals surface area contributed by atoms with Gasteiger partial charge in [0.1, 0.15) is 0 Å². The average Bonchev–Trinajstić information content (AvgIpc) is 2.81. The van der Waals surface area contributed by atoms with E-state index in [1.165, 1.54) is 11.1 Å². The Bertz CT molecular complexity index is 1100. The molecule has 0 fully saturated rings. The van der Waals surface area contributed by atoms with Gasteiger partial charge in [-0.2, -0.15) is 0 Å². The first-order chi connectivity index (χ1) is 14.7. The zero-order valence-corrected chi connectivity index (χ0v) is 17.1. The number of hydrogen-bond acceptors (Lipinski definition) is 2. The van der Waals surface area contributed by atoms with E-state index in [9.17, 15) is 5.11 Å². The van der Waals surface area contributed by atoms with Crippen molar-refractivity contribution in [1.82, 2.24) is 0 Å². The number of anilines is 3. The number of aliphatic hydroxyl groups is 1. The maximum Gasteiger partial charge on any atom is 0.0681 e. The summed E-state index contributed by atoms with van der Waals surface area (Å²) >= 11 is 0. The highest BCUT2D eigenvalue weighted by Gasteiger charge is 2.11. The van der Waals surface area contributed by atoms with E-state index >= 15 is 0 Å². The van der Waals surface area contributed by atoms with Crippen molar-refractivity contribution in [1.29, 1.82) is 0 Å². The van der Waals surface area contributed by atoms with Crippen LogP contribution in [0, 0.1) is 6.92 Å². The van der Waals surface area contributed by atoms with E-state index in [0.717, 1.165) is 28.2 Å². The molecule has 0 aliphatic rings. The van der Waals surface area contributed by atoms with E-state index in [2.05, 4.69) is 84.6 Å². The second kappa shape index (κ2) is 9.25. The fourth-order valence-electron chi connectivity index (χ4n) is 3.38. The highest BCUT2D eigenvalue weighted by molar-refractivity contribution is 5.78. The lowest BCUT2D eigenvalue weighted by molar-refractivity contribution is 0.282. The van der Waals surface area contributed by atoms with Crippen LogP contribution in [0.15, 0.2) is 103 Å². The molecule has 0 amide bonds. The number of benzene rings is 4. The first kappa shape index (κ1) is 19.7. The fraction of sp³-hybridized carbons (Fsp3) is 0.0714. The molecule has 30 heavy (non-hydrogen) atoms. The molecule has 0 aliphatic carbocycles. The largest absolute Gasteiger partial charge is 0.392 e. The number of aliphatic hydroxyl groups excluding tert-OH is 1. The molecule has 0 saturated heterocycles. The van der Waals surface area contributed by atoms with Gasteiger partial charge in [-0.05, 0) is 60.0 Å². The van der Waals surface area contributed by atoms with Crippen LogP contribution >= 0.6 is 0 Å². The van der Waals surface area contributed by atoms with Crippen LogP contribution < -0.4 is 4.90 Å². The Hall–Kier alpha value is -3.62. The standard InChI is InChI=1S/C28H25NO/c1-22-7-9-23(10-8-22)11-12-24-13-17-27(18-14-24)29(26-5-3-2-4-6-26)28-19-15-25(21-30)16-20-28/h2-20,30H,21H2,1H3. The topological polar surface area (TPSA) is 23.5 Å². The zero-order chi connectivity index (χ0) is 20.8. The molecule has 4 aromatic rings. The van der Waals surface area contributed by atoms with Gasteiger partial charge in [-0.3, -0.25) is 0 Å². The van der Waals surface area contributed by atoms with Gasteiger partial charge >= 0.3 is 0 Å². The normalized spacial score (nSPS) is 11.0. The molecule has 2 heteroatoms. The summed E-state index contributed by atoms with van der Waals surface area (Å²) < 4.78 is 0. The highest BCUT2D eigenvalue weighted by Crippen LogP contribution is 2.34. The van der Waals surface area contributed by atoms with Crippen LogP contribution in [0.4, 0.5) is 17.1 Å². The van der Waals surface area contributed by atoms with Crippen LogP contribution in [0.5, 0.6) is 0 Å². The van der Waals surface area contributed by atoms with Crippen LogP contribution in [-0.4, -0.2) is 5.11 Å². The molecule has 2 nitrogen and oxygen atoms in total. The lowest BCUT2D eigenvalue weighted by Crippen LogP contribution is -2.09. The van der Waals surface area contributed by atoms with Crippen molar-refractivity contribution in [3.8, 4) is 0 Å². The van der Waals surface area contributed by atoms with Crippen molar-refractivity contribution < 1.29 is 5.11 Å². The van der Waals surface area contributed by atoms with Gasteiger partial charge in [0, 0.05) is 17.1 Å². The lowest BCUT2D eigenvalue weighted by atomic mass is 10.1. The van der Waals surface area contributed by atoms with Crippen LogP contribution in [0.25, 0.3) is 12.2 Å². The summed E-state index contributed by atoms with van der Waals surface area (Å²) in [5, 5.41) is 9.36. The maximum atomic E-state index is 9.36. The molecule has 148 valence electrons. The van der Waals surface area contributed by atoms with Crippen molar-refractivity contribution in [3.05, 3.63) is 125 Å². The van der Waals surface area contributed by atoms with Gasteiger partial charge in [0.05, 0.1) is 6.61 Å². The predicted octanol–water partition coefficient (Wildman–Crippen LogP) is 7.13. The minimum atomic E-state index is 0.0492. The third-order valence-corrected chi connectivity index (χ3v) is 5.09. The van der Waals surface area contributed by atoms with E-state index in [-0.39, 0.29) is 6.61 Å². The third-order valence-electron chi connectivity index (χ3n) is 5.09. The van der Waals surface area contributed by atoms with E-state index in [1.54, 1.807) is 0 Å². The van der Waals surface area contributed by atoms with Crippen molar-refractivity contribution in [2.24, 2.45) is 0 Å². The maximum absolute atomic E-state index is 9.36. The second-order valence-corrected chi connectivity index (χ2v) is 7.33. The van der Waals surface area contributed by atoms with Crippen LogP contribution in [-0.2, 0) is 6.61 Å². The molecular formula is C28H25NO. The van der Waals surface area contributed by atoms with Crippen LogP contribution in [0.1, 0.15) is 22.3 Å². The Labute approximate surface area is 178 Å². The molecule has 4 rings (SSSR count). The number of hydrogen-bond donors (Lipinski definition) is 1. The smallest absolute Gasteiger partial charge is 0.0681 e. The minimum absolute atomic E-state index is 0.0492. The predicted molar refractivity (Wildman–Crippen MR) is 127 cm³/mol. The summed E-state index contributed by atoms with van der Waals surface area (Å²) in [7, 11) is 0. The van der Waals surface area contributed by atoms with Gasteiger partial charge in [-0.1, -0.05) is 84.4 Å². The van der Waals surface area contributed by atoms with Crippen molar-refractivity contribution in [2.75, 3.05) is 4.90 Å². The van der Waals surface area contributed by atoms with Crippen LogP contribution in [0.3, 0.4) is 0 Å². The SMILES string of the molecule is Cc1ccc(C=Cc2ccc(N(c3ccccc3)c3ccc(CO)cc3)cc2)cc1. The minimum Gasteiger partial charge on any atom is -0.392 e. The first-order valence-electron chi connectivity index (χ1n) is 10.1. The molecule has 0 heterocycles. The van der Waals surface area contributed by atoms with E-state index in [4.69, 9.17) is 0 Å². The highest BCUT2D eigenvalue weighted by atomic mass is 16.3. The number of rotatable bonds is 6. The molecule has 0 aromatic heterocycles. The quantitative estimate of drug-likeness (QED) is 0.353. The summed E-state index contributed by atoms with van der Waals surface area (Å²) in [5.41, 5.74) is 7.76. The molecule has 0 unspecified atom stereocenters. The van der Waals surface area contributed by atoms with Gasteiger partial charge in [0.2, 0.25) is 0 Å². The van der Waals surface area contributed by atoms with Crippen molar-refractivity contribution in [2.45, 2.75) is 13.5 Å². The average molecular weight is 392 g/mol. The van der Waals surface area contributed by atoms with E-state index in [1.807, 2.05) is 42.5 Å². The molecular weight excluding hydrogens is 366 g/mol. The number of nitrogens with zero attached hydrogens (tertiary/aromatic N) is 1.